The molecule has 0 saturated heterocycles. The van der Waals surface area contributed by atoms with Crippen molar-refractivity contribution in [2.75, 3.05) is 26.8 Å². The molecular weight excluding hydrogens is 328 g/mol. The molecule has 0 aliphatic rings. The SMILES string of the molecule is COCCNCCc1nnc(-c2cncc(Br)c2)s1. The molecule has 0 spiro atoms. The van der Waals surface area contributed by atoms with Gasteiger partial charge >= 0.3 is 0 Å². The first-order valence-corrected chi connectivity index (χ1v) is 7.53. The maximum atomic E-state index is 4.97. The van der Waals surface area contributed by atoms with Crippen LogP contribution in [0.5, 0.6) is 0 Å². The van der Waals surface area contributed by atoms with Crippen LogP contribution in [-0.4, -0.2) is 42.0 Å². The second-order valence-corrected chi connectivity index (χ2v) is 5.86. The predicted octanol–water partition coefficient (Wildman–Crippen LogP) is 2.14. The third kappa shape index (κ3) is 4.61. The van der Waals surface area contributed by atoms with Crippen LogP contribution in [0.3, 0.4) is 0 Å². The third-order valence-corrected chi connectivity index (χ3v) is 3.88. The highest BCUT2D eigenvalue weighted by atomic mass is 79.9. The lowest BCUT2D eigenvalue weighted by atomic mass is 10.3. The summed E-state index contributed by atoms with van der Waals surface area (Å²) in [6.45, 7) is 2.47. The molecule has 7 heteroatoms. The first kappa shape index (κ1) is 14.5. The lowest BCUT2D eigenvalue weighted by Gasteiger charge is -2.00. The van der Waals surface area contributed by atoms with E-state index in [1.54, 1.807) is 30.8 Å². The van der Waals surface area contributed by atoms with Crippen molar-refractivity contribution < 1.29 is 4.74 Å². The normalized spacial score (nSPS) is 10.8. The summed E-state index contributed by atoms with van der Waals surface area (Å²) in [6.07, 6.45) is 4.43. The molecule has 0 unspecified atom stereocenters. The number of hydrogen-bond donors (Lipinski definition) is 1. The number of aromatic nitrogens is 3. The summed E-state index contributed by atoms with van der Waals surface area (Å²) in [7, 11) is 1.70. The van der Waals surface area contributed by atoms with Crippen molar-refractivity contribution in [3.05, 3.63) is 27.9 Å². The first-order valence-electron chi connectivity index (χ1n) is 5.92. The summed E-state index contributed by atoms with van der Waals surface area (Å²) in [6, 6.07) is 1.99. The van der Waals surface area contributed by atoms with Crippen molar-refractivity contribution in [3.63, 3.8) is 0 Å². The molecule has 0 atom stereocenters. The molecule has 1 N–H and O–H groups in total. The Bertz CT molecular complexity index is 520. The van der Waals surface area contributed by atoms with Gasteiger partial charge in [-0.1, -0.05) is 11.3 Å². The van der Waals surface area contributed by atoms with Crippen LogP contribution >= 0.6 is 27.3 Å². The number of pyridine rings is 1. The minimum atomic E-state index is 0.727. The fourth-order valence-electron chi connectivity index (χ4n) is 1.49. The predicted molar refractivity (Wildman–Crippen MR) is 79.3 cm³/mol. The summed E-state index contributed by atoms with van der Waals surface area (Å²) < 4.78 is 5.92. The molecule has 0 aliphatic carbocycles. The Balaban J connectivity index is 1.88. The number of hydrogen-bond acceptors (Lipinski definition) is 6. The maximum absolute atomic E-state index is 4.97. The zero-order chi connectivity index (χ0) is 13.5. The molecule has 0 fully saturated rings. The van der Waals surface area contributed by atoms with E-state index >= 15 is 0 Å². The molecule has 19 heavy (non-hydrogen) atoms. The largest absolute Gasteiger partial charge is 0.383 e. The molecule has 2 heterocycles. The van der Waals surface area contributed by atoms with Crippen molar-refractivity contribution in [2.24, 2.45) is 0 Å². The Morgan fingerprint density at radius 1 is 1.32 bits per heavy atom. The van der Waals surface area contributed by atoms with Gasteiger partial charge in [0.15, 0.2) is 0 Å². The van der Waals surface area contributed by atoms with Crippen molar-refractivity contribution in [2.45, 2.75) is 6.42 Å². The van der Waals surface area contributed by atoms with Crippen LogP contribution in [0.15, 0.2) is 22.9 Å². The van der Waals surface area contributed by atoms with E-state index in [1.165, 1.54) is 0 Å². The molecule has 2 aromatic rings. The molecular formula is C12H15BrN4OS. The Labute approximate surface area is 124 Å². The zero-order valence-electron chi connectivity index (χ0n) is 10.6. The smallest absolute Gasteiger partial charge is 0.149 e. The van der Waals surface area contributed by atoms with Gasteiger partial charge in [0.05, 0.1) is 6.61 Å². The van der Waals surface area contributed by atoms with E-state index < -0.39 is 0 Å². The zero-order valence-corrected chi connectivity index (χ0v) is 13.0. The van der Waals surface area contributed by atoms with Crippen LogP contribution in [0.4, 0.5) is 0 Å². The summed E-state index contributed by atoms with van der Waals surface area (Å²) in [4.78, 5) is 4.13. The second-order valence-electron chi connectivity index (χ2n) is 3.89. The highest BCUT2D eigenvalue weighted by molar-refractivity contribution is 9.10. The van der Waals surface area contributed by atoms with Gasteiger partial charge in [-0.2, -0.15) is 0 Å². The Kier molecular flexibility index (Phi) is 5.84. The van der Waals surface area contributed by atoms with Gasteiger partial charge in [-0.3, -0.25) is 4.98 Å². The van der Waals surface area contributed by atoms with Crippen LogP contribution in [0.2, 0.25) is 0 Å². The summed E-state index contributed by atoms with van der Waals surface area (Å²) in [5, 5.41) is 13.6. The van der Waals surface area contributed by atoms with E-state index in [1.807, 2.05) is 6.07 Å². The molecule has 2 rings (SSSR count). The average Bonchev–Trinajstić information content (AvgIpc) is 2.87. The summed E-state index contributed by atoms with van der Waals surface area (Å²) >= 11 is 5.01. The van der Waals surface area contributed by atoms with E-state index in [0.717, 1.165) is 46.2 Å². The fourth-order valence-corrected chi connectivity index (χ4v) is 2.68. The van der Waals surface area contributed by atoms with Gasteiger partial charge in [-0.05, 0) is 22.0 Å². The number of methoxy groups -OCH3 is 1. The van der Waals surface area contributed by atoms with Crippen molar-refractivity contribution in [1.29, 1.82) is 0 Å². The second kappa shape index (κ2) is 7.64. The Morgan fingerprint density at radius 2 is 2.21 bits per heavy atom. The van der Waals surface area contributed by atoms with Crippen LogP contribution in [-0.2, 0) is 11.2 Å². The van der Waals surface area contributed by atoms with Gasteiger partial charge in [0, 0.05) is 49.0 Å². The van der Waals surface area contributed by atoms with Gasteiger partial charge in [-0.25, -0.2) is 0 Å². The standard InChI is InChI=1S/C12H15BrN4OS/c1-18-5-4-14-3-2-11-16-17-12(19-11)9-6-10(13)8-15-7-9/h6-8,14H,2-5H2,1H3. The molecule has 0 amide bonds. The van der Waals surface area contributed by atoms with E-state index in [4.69, 9.17) is 4.74 Å². The number of nitrogens with zero attached hydrogens (tertiary/aromatic N) is 3. The first-order chi connectivity index (χ1) is 9.29. The molecule has 0 radical (unpaired) electrons. The molecule has 5 nitrogen and oxygen atoms in total. The monoisotopic (exact) mass is 342 g/mol. The van der Waals surface area contributed by atoms with Crippen LogP contribution < -0.4 is 5.32 Å². The molecule has 102 valence electrons. The van der Waals surface area contributed by atoms with Gasteiger partial charge in [0.2, 0.25) is 0 Å². The molecule has 0 aliphatic heterocycles. The molecule has 0 aromatic carbocycles. The third-order valence-electron chi connectivity index (χ3n) is 2.42. The molecule has 0 saturated carbocycles. The minimum Gasteiger partial charge on any atom is -0.383 e. The van der Waals surface area contributed by atoms with E-state index in [0.29, 0.717) is 0 Å². The van der Waals surface area contributed by atoms with Gasteiger partial charge in [-0.15, -0.1) is 10.2 Å². The summed E-state index contributed by atoms with van der Waals surface area (Å²) in [5.74, 6) is 0. The van der Waals surface area contributed by atoms with E-state index in [2.05, 4.69) is 36.4 Å². The van der Waals surface area contributed by atoms with E-state index in [-0.39, 0.29) is 0 Å². The van der Waals surface area contributed by atoms with Crippen molar-refractivity contribution in [3.8, 4) is 10.6 Å². The van der Waals surface area contributed by atoms with Crippen LogP contribution in [0.25, 0.3) is 10.6 Å². The quantitative estimate of drug-likeness (QED) is 0.781. The number of rotatable bonds is 7. The van der Waals surface area contributed by atoms with E-state index in [9.17, 15) is 0 Å². The Hall–Kier alpha value is -0.890. The lowest BCUT2D eigenvalue weighted by Crippen LogP contribution is -2.21. The fraction of sp³-hybridized carbons (Fsp3) is 0.417. The number of nitrogens with one attached hydrogen (secondary N) is 1. The Morgan fingerprint density at radius 3 is 3.00 bits per heavy atom. The number of ether oxygens (including phenoxy) is 1. The highest BCUT2D eigenvalue weighted by Gasteiger charge is 2.07. The topological polar surface area (TPSA) is 59.9 Å². The summed E-state index contributed by atoms with van der Waals surface area (Å²) in [5.41, 5.74) is 0.991. The average molecular weight is 343 g/mol. The van der Waals surface area contributed by atoms with Crippen LogP contribution in [0.1, 0.15) is 5.01 Å². The number of halogens is 1. The lowest BCUT2D eigenvalue weighted by molar-refractivity contribution is 0.199. The van der Waals surface area contributed by atoms with Gasteiger partial charge in [0.25, 0.3) is 0 Å². The maximum Gasteiger partial charge on any atom is 0.149 e. The van der Waals surface area contributed by atoms with Crippen molar-refractivity contribution >= 4 is 27.3 Å². The molecule has 0 bridgehead atoms. The highest BCUT2D eigenvalue weighted by Crippen LogP contribution is 2.24. The minimum absolute atomic E-state index is 0.727. The van der Waals surface area contributed by atoms with Gasteiger partial charge < -0.3 is 10.1 Å². The van der Waals surface area contributed by atoms with Crippen LogP contribution in [0, 0.1) is 0 Å². The molecule has 2 aromatic heterocycles. The van der Waals surface area contributed by atoms with Gasteiger partial charge in [0.1, 0.15) is 10.0 Å². The van der Waals surface area contributed by atoms with Crippen molar-refractivity contribution in [1.82, 2.24) is 20.5 Å².